The zero-order chi connectivity index (χ0) is 14.1. The highest BCUT2D eigenvalue weighted by atomic mass is 16.5. The molecular weight excluding hydrogens is 242 g/mol. The number of ether oxygens (including phenoxy) is 2. The molecule has 1 aromatic carbocycles. The van der Waals surface area contributed by atoms with Crippen molar-refractivity contribution in [2.45, 2.75) is 33.1 Å². The fraction of sp³-hybridized carbons (Fsp3) is 0.467. The normalized spacial score (nSPS) is 9.74. The highest BCUT2D eigenvalue weighted by molar-refractivity contribution is 5.90. The molecule has 0 saturated heterocycles. The number of rotatable bonds is 7. The van der Waals surface area contributed by atoms with E-state index in [9.17, 15) is 4.79 Å². The Morgan fingerprint density at radius 1 is 1.32 bits per heavy atom. The molecule has 1 rings (SSSR count). The fourth-order valence-electron chi connectivity index (χ4n) is 1.62. The van der Waals surface area contributed by atoms with E-state index in [0.29, 0.717) is 30.1 Å². The molecule has 0 aliphatic carbocycles. The third-order valence-corrected chi connectivity index (χ3v) is 2.62. The van der Waals surface area contributed by atoms with Gasteiger partial charge < -0.3 is 9.47 Å². The molecule has 0 radical (unpaired) electrons. The van der Waals surface area contributed by atoms with Crippen molar-refractivity contribution in [3.63, 3.8) is 0 Å². The summed E-state index contributed by atoms with van der Waals surface area (Å²) >= 11 is 0. The van der Waals surface area contributed by atoms with Gasteiger partial charge in [-0.25, -0.2) is 4.79 Å². The molecule has 0 heterocycles. The summed E-state index contributed by atoms with van der Waals surface area (Å²) in [6, 6.07) is 6.82. The van der Waals surface area contributed by atoms with Gasteiger partial charge in [-0.15, -0.1) is 0 Å². The summed E-state index contributed by atoms with van der Waals surface area (Å²) in [5, 5.41) is 9.08. The molecule has 0 spiro atoms. The van der Waals surface area contributed by atoms with Gasteiger partial charge in [0.25, 0.3) is 0 Å². The first kappa shape index (κ1) is 15.0. The Morgan fingerprint density at radius 2 is 2.11 bits per heavy atom. The average Bonchev–Trinajstić information content (AvgIpc) is 2.44. The lowest BCUT2D eigenvalue weighted by Crippen LogP contribution is -2.06. The number of nitrogens with zero attached hydrogens (tertiary/aromatic N) is 1. The van der Waals surface area contributed by atoms with Crippen molar-refractivity contribution < 1.29 is 14.3 Å². The number of carbonyl (C=O) groups is 1. The number of benzene rings is 1. The summed E-state index contributed by atoms with van der Waals surface area (Å²) in [4.78, 5) is 11.6. The molecule has 0 aliphatic heterocycles. The first-order valence-electron chi connectivity index (χ1n) is 6.57. The van der Waals surface area contributed by atoms with Gasteiger partial charge in [-0.1, -0.05) is 19.8 Å². The lowest BCUT2D eigenvalue weighted by atomic mass is 10.1. The molecule has 19 heavy (non-hydrogen) atoms. The second-order valence-corrected chi connectivity index (χ2v) is 4.10. The van der Waals surface area contributed by atoms with Crippen LogP contribution in [0, 0.1) is 11.3 Å². The lowest BCUT2D eigenvalue weighted by Gasteiger charge is -2.09. The van der Waals surface area contributed by atoms with E-state index in [0.717, 1.165) is 19.3 Å². The predicted octanol–water partition coefficient (Wildman–Crippen LogP) is 3.30. The van der Waals surface area contributed by atoms with Crippen molar-refractivity contribution in [1.29, 1.82) is 5.26 Å². The van der Waals surface area contributed by atoms with Crippen LogP contribution in [0.5, 0.6) is 5.75 Å². The van der Waals surface area contributed by atoms with E-state index >= 15 is 0 Å². The highest BCUT2D eigenvalue weighted by Crippen LogP contribution is 2.20. The highest BCUT2D eigenvalue weighted by Gasteiger charge is 2.11. The Labute approximate surface area is 113 Å². The quantitative estimate of drug-likeness (QED) is 0.558. The van der Waals surface area contributed by atoms with Crippen LogP contribution < -0.4 is 4.74 Å². The van der Waals surface area contributed by atoms with Gasteiger partial charge in [0.15, 0.2) is 0 Å². The Balaban J connectivity index is 2.74. The van der Waals surface area contributed by atoms with E-state index in [1.165, 1.54) is 6.07 Å². The third kappa shape index (κ3) is 4.63. The molecule has 0 saturated carbocycles. The summed E-state index contributed by atoms with van der Waals surface area (Å²) in [7, 11) is 0. The Hall–Kier alpha value is -2.02. The van der Waals surface area contributed by atoms with Gasteiger partial charge in [0.1, 0.15) is 11.8 Å². The summed E-state index contributed by atoms with van der Waals surface area (Å²) in [6.07, 6.45) is 3.18. The van der Waals surface area contributed by atoms with Crippen molar-refractivity contribution in [3.05, 3.63) is 29.3 Å². The van der Waals surface area contributed by atoms with Crippen molar-refractivity contribution in [3.8, 4) is 11.8 Å². The van der Waals surface area contributed by atoms with Crippen LogP contribution in [-0.2, 0) is 4.74 Å². The van der Waals surface area contributed by atoms with Gasteiger partial charge in [0.05, 0.1) is 24.3 Å². The summed E-state index contributed by atoms with van der Waals surface area (Å²) in [5.74, 6) is 0.100. The molecule has 102 valence electrons. The first-order valence-corrected chi connectivity index (χ1v) is 6.57. The number of esters is 1. The maximum Gasteiger partial charge on any atom is 0.338 e. The minimum Gasteiger partial charge on any atom is -0.492 e. The predicted molar refractivity (Wildman–Crippen MR) is 72.1 cm³/mol. The monoisotopic (exact) mass is 261 g/mol. The summed E-state index contributed by atoms with van der Waals surface area (Å²) in [5.41, 5.74) is 0.737. The third-order valence-electron chi connectivity index (χ3n) is 2.62. The zero-order valence-corrected chi connectivity index (χ0v) is 11.4. The molecule has 0 amide bonds. The zero-order valence-electron chi connectivity index (χ0n) is 11.4. The maximum absolute atomic E-state index is 11.6. The number of unbranched alkanes of at least 4 members (excludes halogenated alkanes) is 2. The van der Waals surface area contributed by atoms with Crippen LogP contribution in [0.2, 0.25) is 0 Å². The van der Waals surface area contributed by atoms with Crippen molar-refractivity contribution in [1.82, 2.24) is 0 Å². The molecule has 0 bridgehead atoms. The van der Waals surface area contributed by atoms with Crippen LogP contribution in [0.1, 0.15) is 49.0 Å². The van der Waals surface area contributed by atoms with E-state index in [2.05, 4.69) is 6.92 Å². The number of hydrogen-bond acceptors (Lipinski definition) is 4. The molecule has 4 heteroatoms. The van der Waals surface area contributed by atoms with Crippen molar-refractivity contribution in [2.24, 2.45) is 0 Å². The van der Waals surface area contributed by atoms with Crippen LogP contribution in [0.3, 0.4) is 0 Å². The molecule has 0 N–H and O–H groups in total. The minimum atomic E-state index is -0.420. The van der Waals surface area contributed by atoms with Crippen LogP contribution in [0.15, 0.2) is 18.2 Å². The minimum absolute atomic E-state index is 0.315. The van der Waals surface area contributed by atoms with E-state index in [4.69, 9.17) is 14.7 Å². The molecular formula is C15H19NO3. The van der Waals surface area contributed by atoms with E-state index < -0.39 is 5.97 Å². The Kier molecular flexibility index (Phi) is 6.45. The standard InChI is InChI=1S/C15H19NO3/c1-3-5-6-9-19-14-8-7-12(10-13(14)11-16)15(17)18-4-2/h7-8,10H,3-6,9H2,1-2H3. The van der Waals surface area contributed by atoms with E-state index in [1.807, 2.05) is 6.07 Å². The van der Waals surface area contributed by atoms with Gasteiger partial charge in [-0.2, -0.15) is 5.26 Å². The smallest absolute Gasteiger partial charge is 0.338 e. The SMILES string of the molecule is CCCCCOc1ccc(C(=O)OCC)cc1C#N. The van der Waals surface area contributed by atoms with E-state index in [-0.39, 0.29) is 0 Å². The summed E-state index contributed by atoms with van der Waals surface area (Å²) < 4.78 is 10.4. The van der Waals surface area contributed by atoms with E-state index in [1.54, 1.807) is 19.1 Å². The molecule has 0 atom stereocenters. The number of nitriles is 1. The van der Waals surface area contributed by atoms with Crippen LogP contribution in [-0.4, -0.2) is 19.2 Å². The molecule has 0 fully saturated rings. The largest absolute Gasteiger partial charge is 0.492 e. The van der Waals surface area contributed by atoms with Gasteiger partial charge in [-0.05, 0) is 31.5 Å². The van der Waals surface area contributed by atoms with Crippen LogP contribution in [0.4, 0.5) is 0 Å². The van der Waals surface area contributed by atoms with Gasteiger partial charge in [0, 0.05) is 0 Å². The van der Waals surface area contributed by atoms with Gasteiger partial charge >= 0.3 is 5.97 Å². The number of carbonyl (C=O) groups excluding carboxylic acids is 1. The molecule has 0 aromatic heterocycles. The Morgan fingerprint density at radius 3 is 2.74 bits per heavy atom. The summed E-state index contributed by atoms with van der Waals surface area (Å²) in [6.45, 7) is 4.76. The molecule has 0 unspecified atom stereocenters. The average molecular weight is 261 g/mol. The lowest BCUT2D eigenvalue weighted by molar-refractivity contribution is 0.0526. The van der Waals surface area contributed by atoms with Crippen LogP contribution in [0.25, 0.3) is 0 Å². The number of hydrogen-bond donors (Lipinski definition) is 0. The van der Waals surface area contributed by atoms with Gasteiger partial charge in [-0.3, -0.25) is 0 Å². The Bertz CT molecular complexity index is 463. The maximum atomic E-state index is 11.6. The van der Waals surface area contributed by atoms with Gasteiger partial charge in [0.2, 0.25) is 0 Å². The molecule has 0 aliphatic rings. The van der Waals surface area contributed by atoms with Crippen molar-refractivity contribution >= 4 is 5.97 Å². The van der Waals surface area contributed by atoms with Crippen LogP contribution >= 0.6 is 0 Å². The fourth-order valence-corrected chi connectivity index (χ4v) is 1.62. The first-order chi connectivity index (χ1) is 9.22. The molecule has 4 nitrogen and oxygen atoms in total. The second kappa shape index (κ2) is 8.15. The van der Waals surface area contributed by atoms with Crippen molar-refractivity contribution in [2.75, 3.05) is 13.2 Å². The topological polar surface area (TPSA) is 59.3 Å². The molecule has 1 aromatic rings. The second-order valence-electron chi connectivity index (χ2n) is 4.10.